The average Bonchev–Trinajstić information content (AvgIpc) is 2.90. The van der Waals surface area contributed by atoms with E-state index >= 15 is 0 Å². The first-order chi connectivity index (χ1) is 7.91. The number of carboxylic acids is 1. The zero-order valence-electron chi connectivity index (χ0n) is 8.27. The van der Waals surface area contributed by atoms with Crippen LogP contribution in [-0.2, 0) is 4.79 Å². The number of thiophene rings is 1. The second-order valence-corrected chi connectivity index (χ2v) is 3.68. The van der Waals surface area contributed by atoms with Crippen LogP contribution < -0.4 is 9.67 Å². The average molecular weight is 264 g/mol. The Bertz CT molecular complexity index is 419. The molecule has 0 aliphatic rings. The maximum atomic E-state index is 10.5. The van der Waals surface area contributed by atoms with E-state index in [1.165, 1.54) is 5.00 Å². The number of nitrogens with one attached hydrogen (secondary N) is 1. The molecule has 0 aliphatic heterocycles. The summed E-state index contributed by atoms with van der Waals surface area (Å²) in [4.78, 5) is 11.8. The molecule has 0 radical (unpaired) electrons. The van der Waals surface area contributed by atoms with E-state index in [0.717, 1.165) is 0 Å². The van der Waals surface area contributed by atoms with Crippen LogP contribution in [0.1, 0.15) is 0 Å². The number of hydrogen-bond donors (Lipinski definition) is 1. The smallest absolute Gasteiger partial charge is 0.430 e. The second kappa shape index (κ2) is 5.48. The molecule has 1 N–H and O–H groups in total. The van der Waals surface area contributed by atoms with Crippen LogP contribution in [0.4, 0.5) is 13.2 Å². The number of aromatic amines is 1. The SMILES string of the molecule is O=C([O-])C(F)(F)F.c1csc(-[n+]2cc[nH]c2)c1. The number of halogens is 3. The van der Waals surface area contributed by atoms with Gasteiger partial charge in [-0.1, -0.05) is 0 Å². The van der Waals surface area contributed by atoms with Crippen LogP contribution in [0.2, 0.25) is 0 Å². The highest BCUT2D eigenvalue weighted by Gasteiger charge is 2.28. The van der Waals surface area contributed by atoms with Gasteiger partial charge in [0.05, 0.1) is 0 Å². The van der Waals surface area contributed by atoms with Crippen molar-refractivity contribution in [2.45, 2.75) is 6.18 Å². The Morgan fingerprint density at radius 1 is 1.47 bits per heavy atom. The van der Waals surface area contributed by atoms with E-state index in [1.54, 1.807) is 11.3 Å². The first kappa shape index (κ1) is 13.2. The molecule has 4 nitrogen and oxygen atoms in total. The van der Waals surface area contributed by atoms with Gasteiger partial charge in [-0.2, -0.15) is 17.7 Å². The summed E-state index contributed by atoms with van der Waals surface area (Å²) in [5.74, 6) is -3.01. The van der Waals surface area contributed by atoms with Crippen LogP contribution in [0.15, 0.2) is 36.2 Å². The lowest BCUT2D eigenvalue weighted by Crippen LogP contribution is -2.37. The molecule has 2 rings (SSSR count). The van der Waals surface area contributed by atoms with E-state index in [1.807, 2.05) is 29.4 Å². The van der Waals surface area contributed by atoms with E-state index in [0.29, 0.717) is 0 Å². The first-order valence-electron chi connectivity index (χ1n) is 4.27. The van der Waals surface area contributed by atoms with Gasteiger partial charge in [0.15, 0.2) is 5.00 Å². The molecule has 92 valence electrons. The third-order valence-corrected chi connectivity index (χ3v) is 2.42. The Kier molecular flexibility index (Phi) is 4.27. The predicted octanol–water partition coefficient (Wildman–Crippen LogP) is 0.651. The van der Waals surface area contributed by atoms with Gasteiger partial charge in [0.25, 0.3) is 0 Å². The minimum absolute atomic E-state index is 1.24. The van der Waals surface area contributed by atoms with E-state index in [2.05, 4.69) is 16.4 Å². The monoisotopic (exact) mass is 264 g/mol. The normalized spacial score (nSPS) is 10.5. The highest BCUT2D eigenvalue weighted by atomic mass is 32.1. The number of carbonyl (C=O) groups is 1. The zero-order valence-corrected chi connectivity index (χ0v) is 9.09. The number of nitrogens with zero attached hydrogens (tertiary/aromatic N) is 1. The lowest BCUT2D eigenvalue weighted by Gasteiger charge is -2.03. The molecule has 17 heavy (non-hydrogen) atoms. The summed E-state index contributed by atoms with van der Waals surface area (Å²) in [6.07, 6.45) is 0.622. The molecular weight excluding hydrogens is 257 g/mol. The Hall–Kier alpha value is -1.83. The molecule has 0 amide bonds. The summed E-state index contributed by atoms with van der Waals surface area (Å²) in [5, 5.41) is 12.1. The maximum absolute atomic E-state index is 10.5. The number of rotatable bonds is 1. The van der Waals surface area contributed by atoms with Crippen LogP contribution in [0.25, 0.3) is 5.00 Å². The molecule has 0 atom stereocenters. The highest BCUT2D eigenvalue weighted by Crippen LogP contribution is 2.11. The van der Waals surface area contributed by atoms with Gasteiger partial charge in [0.1, 0.15) is 18.4 Å². The van der Waals surface area contributed by atoms with E-state index in [9.17, 15) is 13.2 Å². The van der Waals surface area contributed by atoms with Crippen molar-refractivity contribution in [1.82, 2.24) is 4.98 Å². The van der Waals surface area contributed by atoms with Gasteiger partial charge in [-0.05, 0) is 17.5 Å². The molecular formula is C9H7F3N2O2S. The lowest BCUT2D eigenvalue weighted by molar-refractivity contribution is -0.589. The van der Waals surface area contributed by atoms with Crippen LogP contribution in [0.3, 0.4) is 0 Å². The highest BCUT2D eigenvalue weighted by molar-refractivity contribution is 7.11. The van der Waals surface area contributed by atoms with E-state index in [4.69, 9.17) is 9.90 Å². The van der Waals surface area contributed by atoms with Crippen molar-refractivity contribution in [3.63, 3.8) is 0 Å². The first-order valence-corrected chi connectivity index (χ1v) is 5.15. The molecule has 0 aliphatic carbocycles. The number of aromatic nitrogens is 2. The summed E-state index contributed by atoms with van der Waals surface area (Å²) < 4.78 is 33.6. The number of imidazole rings is 1. The number of carboxylic acid groups (broad SMARTS) is 1. The third kappa shape index (κ3) is 4.27. The molecule has 0 fully saturated rings. The van der Waals surface area contributed by atoms with Crippen molar-refractivity contribution >= 4 is 17.3 Å². The maximum Gasteiger partial charge on any atom is 0.430 e. The van der Waals surface area contributed by atoms with Gasteiger partial charge >= 0.3 is 6.18 Å². The van der Waals surface area contributed by atoms with Crippen molar-refractivity contribution in [1.29, 1.82) is 0 Å². The van der Waals surface area contributed by atoms with Crippen LogP contribution >= 0.6 is 11.3 Å². The molecule has 0 unspecified atom stereocenters. The van der Waals surface area contributed by atoms with Crippen LogP contribution in [0, 0.1) is 0 Å². The summed E-state index contributed by atoms with van der Waals surface area (Å²) in [6.45, 7) is 0. The number of aliphatic carboxylic acids is 1. The molecule has 2 aromatic rings. The minimum atomic E-state index is -5.19. The molecule has 0 saturated heterocycles. The lowest BCUT2D eigenvalue weighted by atomic mass is 10.6. The van der Waals surface area contributed by atoms with Gasteiger partial charge in [-0.3, -0.25) is 0 Å². The van der Waals surface area contributed by atoms with E-state index < -0.39 is 12.1 Å². The standard InChI is InChI=1S/C7H6N2S.C2HF3O2/c1-2-7(10-5-1)9-4-3-8-6-9;3-2(4,5)1(6)7/h1-6H;(H,6,7). The number of H-pyrrole nitrogens is 1. The van der Waals surface area contributed by atoms with Crippen LogP contribution in [-0.4, -0.2) is 17.1 Å². The van der Waals surface area contributed by atoms with Crippen molar-refractivity contribution in [3.05, 3.63) is 36.2 Å². The van der Waals surface area contributed by atoms with Crippen molar-refractivity contribution in [3.8, 4) is 5.00 Å². The molecule has 0 aromatic carbocycles. The second-order valence-electron chi connectivity index (χ2n) is 2.76. The number of carbonyl (C=O) groups excluding carboxylic acids is 1. The Labute approximate surface area is 98.0 Å². The largest absolute Gasteiger partial charge is 0.542 e. The van der Waals surface area contributed by atoms with Gasteiger partial charge in [0.2, 0.25) is 6.33 Å². The van der Waals surface area contributed by atoms with Crippen LogP contribution in [0.5, 0.6) is 0 Å². The topological polar surface area (TPSA) is 59.8 Å². The van der Waals surface area contributed by atoms with Gasteiger partial charge in [-0.15, -0.1) is 11.3 Å². The van der Waals surface area contributed by atoms with Crippen molar-refractivity contribution in [2.75, 3.05) is 0 Å². The number of alkyl halides is 3. The minimum Gasteiger partial charge on any atom is -0.542 e. The fourth-order valence-electron chi connectivity index (χ4n) is 0.844. The molecule has 2 heterocycles. The summed E-state index contributed by atoms with van der Waals surface area (Å²) in [5.41, 5.74) is 0. The fourth-order valence-corrected chi connectivity index (χ4v) is 1.53. The van der Waals surface area contributed by atoms with Gasteiger partial charge < -0.3 is 9.90 Å². The molecule has 0 saturated carbocycles. The predicted molar refractivity (Wildman–Crippen MR) is 51.3 cm³/mol. The summed E-state index contributed by atoms with van der Waals surface area (Å²) >= 11 is 1.72. The van der Waals surface area contributed by atoms with Gasteiger partial charge in [-0.25, -0.2) is 4.98 Å². The Morgan fingerprint density at radius 2 is 2.12 bits per heavy atom. The zero-order chi connectivity index (χ0) is 12.9. The summed E-state index contributed by atoms with van der Waals surface area (Å²) in [6, 6.07) is 4.12. The Balaban J connectivity index is 0.000000185. The molecule has 0 bridgehead atoms. The molecule has 0 spiro atoms. The summed E-state index contributed by atoms with van der Waals surface area (Å²) in [7, 11) is 0. The third-order valence-electron chi connectivity index (χ3n) is 1.54. The molecule has 2 aromatic heterocycles. The fraction of sp³-hybridized carbons (Fsp3) is 0.111. The van der Waals surface area contributed by atoms with E-state index in [-0.39, 0.29) is 0 Å². The van der Waals surface area contributed by atoms with Crippen molar-refractivity contribution in [2.24, 2.45) is 0 Å². The Morgan fingerprint density at radius 3 is 2.47 bits per heavy atom. The van der Waals surface area contributed by atoms with Gasteiger partial charge in [0, 0.05) is 0 Å². The quantitative estimate of drug-likeness (QED) is 0.769. The molecule has 8 heteroatoms. The number of hydrogen-bond acceptors (Lipinski definition) is 3. The van der Waals surface area contributed by atoms with Crippen molar-refractivity contribution < 1.29 is 27.6 Å².